The smallest absolute Gasteiger partial charge is 0.150 e. The minimum Gasteiger partial charge on any atom is -0.495 e. The number of piperazine rings is 1. The molecule has 0 radical (unpaired) electrons. The van der Waals surface area contributed by atoms with Crippen molar-refractivity contribution in [2.75, 3.05) is 43.1 Å². The van der Waals surface area contributed by atoms with Crippen LogP contribution in [0.15, 0.2) is 31.0 Å². The number of hydrogen-bond acceptors (Lipinski definition) is 7. The van der Waals surface area contributed by atoms with Gasteiger partial charge in [0.05, 0.1) is 31.4 Å². The summed E-state index contributed by atoms with van der Waals surface area (Å²) in [6, 6.07) is 4.12. The summed E-state index contributed by atoms with van der Waals surface area (Å²) in [7, 11) is 1.64. The van der Waals surface area contributed by atoms with Crippen molar-refractivity contribution in [3.8, 4) is 11.8 Å². The molecule has 0 atom stereocenters. The predicted octanol–water partition coefficient (Wildman–Crippen LogP) is 1.08. The van der Waals surface area contributed by atoms with Crippen molar-refractivity contribution in [1.29, 1.82) is 5.26 Å². The molecule has 1 fully saturated rings. The van der Waals surface area contributed by atoms with Crippen LogP contribution < -0.4 is 14.5 Å². The summed E-state index contributed by atoms with van der Waals surface area (Å²) in [5.74, 6) is 1.46. The van der Waals surface area contributed by atoms with Crippen LogP contribution in [0.4, 0.5) is 11.5 Å². The Morgan fingerprint density at radius 1 is 1.09 bits per heavy atom. The van der Waals surface area contributed by atoms with Crippen LogP contribution in [0.3, 0.4) is 0 Å². The third-order valence-electron chi connectivity index (χ3n) is 3.69. The number of anilines is 2. The van der Waals surface area contributed by atoms with E-state index < -0.39 is 0 Å². The Labute approximate surface area is 128 Å². The first-order valence-corrected chi connectivity index (χ1v) is 7.01. The highest BCUT2D eigenvalue weighted by molar-refractivity contribution is 5.55. The van der Waals surface area contributed by atoms with Gasteiger partial charge >= 0.3 is 0 Å². The highest BCUT2D eigenvalue weighted by Gasteiger charge is 2.21. The van der Waals surface area contributed by atoms with E-state index in [2.05, 4.69) is 30.8 Å². The summed E-state index contributed by atoms with van der Waals surface area (Å²) >= 11 is 0. The molecule has 7 nitrogen and oxygen atoms in total. The van der Waals surface area contributed by atoms with Crippen LogP contribution in [0, 0.1) is 11.3 Å². The summed E-state index contributed by atoms with van der Waals surface area (Å²) in [4.78, 5) is 16.7. The molecule has 0 aliphatic carbocycles. The first-order valence-electron chi connectivity index (χ1n) is 7.01. The molecule has 0 saturated carbocycles. The number of aromatic nitrogens is 3. The molecule has 0 unspecified atom stereocenters. The number of hydrogen-bond donors (Lipinski definition) is 0. The second kappa shape index (κ2) is 6.26. The average molecular weight is 296 g/mol. The zero-order chi connectivity index (χ0) is 15.4. The molecule has 0 spiro atoms. The molecule has 7 heteroatoms. The molecule has 0 aromatic carbocycles. The van der Waals surface area contributed by atoms with E-state index in [1.807, 2.05) is 12.3 Å². The Balaban J connectivity index is 1.71. The lowest BCUT2D eigenvalue weighted by atomic mass is 10.2. The number of rotatable bonds is 3. The fraction of sp³-hybridized carbons (Fsp3) is 0.333. The van der Waals surface area contributed by atoms with Gasteiger partial charge in [-0.2, -0.15) is 5.26 Å². The fourth-order valence-corrected chi connectivity index (χ4v) is 2.52. The maximum atomic E-state index is 9.15. The molecular formula is C15H16N6O. The molecule has 1 aliphatic heterocycles. The van der Waals surface area contributed by atoms with Crippen LogP contribution in [0.2, 0.25) is 0 Å². The van der Waals surface area contributed by atoms with Crippen molar-refractivity contribution < 1.29 is 4.74 Å². The minimum absolute atomic E-state index is 0.513. The van der Waals surface area contributed by atoms with E-state index in [1.165, 1.54) is 6.33 Å². The largest absolute Gasteiger partial charge is 0.495 e. The van der Waals surface area contributed by atoms with Crippen LogP contribution in [0.1, 0.15) is 5.56 Å². The third kappa shape index (κ3) is 2.76. The lowest BCUT2D eigenvalue weighted by Crippen LogP contribution is -2.47. The van der Waals surface area contributed by atoms with Crippen molar-refractivity contribution in [2.24, 2.45) is 0 Å². The maximum Gasteiger partial charge on any atom is 0.150 e. The summed E-state index contributed by atoms with van der Waals surface area (Å²) < 4.78 is 5.21. The highest BCUT2D eigenvalue weighted by atomic mass is 16.5. The second-order valence-corrected chi connectivity index (χ2v) is 4.93. The van der Waals surface area contributed by atoms with E-state index in [0.717, 1.165) is 37.6 Å². The Morgan fingerprint density at radius 3 is 2.59 bits per heavy atom. The predicted molar refractivity (Wildman–Crippen MR) is 82.0 cm³/mol. The van der Waals surface area contributed by atoms with Gasteiger partial charge in [0.25, 0.3) is 0 Å². The summed E-state index contributed by atoms with van der Waals surface area (Å²) in [6.07, 6.45) is 6.57. The maximum absolute atomic E-state index is 9.15. The van der Waals surface area contributed by atoms with Gasteiger partial charge in [0, 0.05) is 32.2 Å². The molecule has 1 saturated heterocycles. The van der Waals surface area contributed by atoms with Gasteiger partial charge in [0.1, 0.15) is 29.5 Å². The van der Waals surface area contributed by atoms with Gasteiger partial charge in [-0.05, 0) is 0 Å². The van der Waals surface area contributed by atoms with Crippen LogP contribution in [0.25, 0.3) is 0 Å². The first-order chi connectivity index (χ1) is 10.8. The zero-order valence-corrected chi connectivity index (χ0v) is 12.3. The van der Waals surface area contributed by atoms with Gasteiger partial charge in [0.15, 0.2) is 0 Å². The number of pyridine rings is 1. The molecule has 0 amide bonds. The monoisotopic (exact) mass is 296 g/mol. The Hall–Kier alpha value is -2.88. The van der Waals surface area contributed by atoms with Crippen molar-refractivity contribution >= 4 is 11.5 Å². The van der Waals surface area contributed by atoms with Gasteiger partial charge in [0.2, 0.25) is 0 Å². The molecule has 3 heterocycles. The third-order valence-corrected chi connectivity index (χ3v) is 3.69. The lowest BCUT2D eigenvalue weighted by molar-refractivity contribution is 0.413. The van der Waals surface area contributed by atoms with Gasteiger partial charge in [-0.1, -0.05) is 0 Å². The Morgan fingerprint density at radius 2 is 1.86 bits per heavy atom. The van der Waals surface area contributed by atoms with Gasteiger partial charge in [-0.3, -0.25) is 4.98 Å². The number of nitriles is 1. The molecule has 112 valence electrons. The van der Waals surface area contributed by atoms with Gasteiger partial charge < -0.3 is 14.5 Å². The molecular weight excluding hydrogens is 280 g/mol. The number of methoxy groups -OCH3 is 1. The summed E-state index contributed by atoms with van der Waals surface area (Å²) in [5.41, 5.74) is 1.56. The van der Waals surface area contributed by atoms with Crippen LogP contribution in [-0.2, 0) is 0 Å². The highest BCUT2D eigenvalue weighted by Crippen LogP contribution is 2.23. The Kier molecular flexibility index (Phi) is 4.01. The van der Waals surface area contributed by atoms with Gasteiger partial charge in [-0.25, -0.2) is 9.97 Å². The topological polar surface area (TPSA) is 78.2 Å². The van der Waals surface area contributed by atoms with Crippen LogP contribution in [0.5, 0.6) is 5.75 Å². The van der Waals surface area contributed by atoms with E-state index in [1.54, 1.807) is 19.5 Å². The fourth-order valence-electron chi connectivity index (χ4n) is 2.52. The normalized spacial score (nSPS) is 14.5. The van der Waals surface area contributed by atoms with E-state index in [-0.39, 0.29) is 0 Å². The van der Waals surface area contributed by atoms with Gasteiger partial charge in [-0.15, -0.1) is 0 Å². The molecule has 0 bridgehead atoms. The summed E-state index contributed by atoms with van der Waals surface area (Å²) in [6.45, 7) is 3.26. The van der Waals surface area contributed by atoms with Crippen molar-refractivity contribution in [3.63, 3.8) is 0 Å². The molecule has 2 aromatic rings. The van der Waals surface area contributed by atoms with E-state index >= 15 is 0 Å². The standard InChI is InChI=1S/C15H16N6O/c1-22-14-6-13(9-17-10-14)20-2-4-21(5-3-20)15-12(7-16)8-18-11-19-15/h6,8-11H,2-5H2,1H3. The molecule has 3 rings (SSSR count). The number of ether oxygens (including phenoxy) is 1. The van der Waals surface area contributed by atoms with E-state index in [0.29, 0.717) is 11.4 Å². The SMILES string of the molecule is COc1cncc(N2CCN(c3ncncc3C#N)CC2)c1. The first kappa shape index (κ1) is 14.1. The lowest BCUT2D eigenvalue weighted by Gasteiger charge is -2.36. The quantitative estimate of drug-likeness (QED) is 0.838. The van der Waals surface area contributed by atoms with E-state index in [4.69, 9.17) is 10.00 Å². The van der Waals surface area contributed by atoms with Crippen molar-refractivity contribution in [3.05, 3.63) is 36.5 Å². The van der Waals surface area contributed by atoms with Crippen LogP contribution in [-0.4, -0.2) is 48.2 Å². The number of nitrogens with zero attached hydrogens (tertiary/aromatic N) is 6. The molecule has 1 aliphatic rings. The van der Waals surface area contributed by atoms with Crippen molar-refractivity contribution in [2.45, 2.75) is 0 Å². The second-order valence-electron chi connectivity index (χ2n) is 4.93. The zero-order valence-electron chi connectivity index (χ0n) is 12.3. The van der Waals surface area contributed by atoms with Crippen molar-refractivity contribution in [1.82, 2.24) is 15.0 Å². The molecule has 2 aromatic heterocycles. The molecule has 0 N–H and O–H groups in total. The van der Waals surface area contributed by atoms with Crippen LogP contribution >= 0.6 is 0 Å². The Bertz CT molecular complexity index is 690. The van der Waals surface area contributed by atoms with E-state index in [9.17, 15) is 0 Å². The summed E-state index contributed by atoms with van der Waals surface area (Å²) in [5, 5.41) is 9.15. The average Bonchev–Trinajstić information content (AvgIpc) is 2.62. The molecule has 22 heavy (non-hydrogen) atoms. The minimum atomic E-state index is 0.513.